The summed E-state index contributed by atoms with van der Waals surface area (Å²) in [4.78, 5) is 41.2. The second kappa shape index (κ2) is 8.52. The molecule has 0 aliphatic carbocycles. The number of likely N-dealkylation sites (N-methyl/N-ethyl adjacent to an activating group) is 1. The first-order chi connectivity index (χ1) is 13.0. The number of rotatable bonds is 4. The van der Waals surface area contributed by atoms with E-state index >= 15 is 0 Å². The van der Waals surface area contributed by atoms with Gasteiger partial charge in [-0.1, -0.05) is 38.0 Å². The largest absolute Gasteiger partial charge is 0.480 e. The molecule has 2 fully saturated rings. The number of carbonyl (C=O) groups is 3. The zero-order valence-electron chi connectivity index (χ0n) is 15.6. The van der Waals surface area contributed by atoms with Gasteiger partial charge in [0.15, 0.2) is 0 Å². The fraction of sp³-hybridized carbons (Fsp3) is 0.550. The lowest BCUT2D eigenvalue weighted by Crippen LogP contribution is -2.66. The molecule has 7 heteroatoms. The van der Waals surface area contributed by atoms with Crippen molar-refractivity contribution in [3.63, 3.8) is 0 Å². The summed E-state index contributed by atoms with van der Waals surface area (Å²) in [5, 5.41) is 12.5. The van der Waals surface area contributed by atoms with Gasteiger partial charge in [-0.05, 0) is 31.5 Å². The molecule has 3 atom stereocenters. The van der Waals surface area contributed by atoms with Crippen LogP contribution < -0.4 is 5.32 Å². The van der Waals surface area contributed by atoms with Crippen LogP contribution in [0.25, 0.3) is 0 Å². The number of piperazine rings is 1. The highest BCUT2D eigenvalue weighted by Gasteiger charge is 2.43. The van der Waals surface area contributed by atoms with Crippen molar-refractivity contribution in [3.8, 4) is 0 Å². The van der Waals surface area contributed by atoms with Gasteiger partial charge in [-0.2, -0.15) is 0 Å². The van der Waals surface area contributed by atoms with Gasteiger partial charge in [0, 0.05) is 24.7 Å². The maximum Gasteiger partial charge on any atom is 0.327 e. The van der Waals surface area contributed by atoms with Crippen LogP contribution in [-0.4, -0.2) is 70.4 Å². The Balaban J connectivity index is 1.81. The summed E-state index contributed by atoms with van der Waals surface area (Å²) in [5.74, 6) is -1.56. The molecule has 0 saturated carbocycles. The standard InChI is InChI=1S/C20H27N3O4/c1-2-22-12-15-10-6-7-11-16(19(25)23(15)17(13-22)20(26)27)21-18(24)14-8-4-3-5-9-14/h3-5,8-9,15-17H,2,6-7,10-13H2,1H3,(H,21,24)(H,26,27)/t15-,16-,17-/m0/s1. The summed E-state index contributed by atoms with van der Waals surface area (Å²) in [6.45, 7) is 3.78. The zero-order valence-corrected chi connectivity index (χ0v) is 15.6. The van der Waals surface area contributed by atoms with Gasteiger partial charge in [0.25, 0.3) is 5.91 Å². The Hall–Kier alpha value is -2.41. The molecule has 0 aromatic heterocycles. The summed E-state index contributed by atoms with van der Waals surface area (Å²) in [6, 6.07) is 7.10. The summed E-state index contributed by atoms with van der Waals surface area (Å²) in [6.07, 6.45) is 3.07. The number of nitrogens with one attached hydrogen (secondary N) is 1. The molecule has 1 aromatic rings. The average molecular weight is 373 g/mol. The second-order valence-electron chi connectivity index (χ2n) is 7.28. The number of carboxylic acids is 1. The first-order valence-electron chi connectivity index (χ1n) is 9.64. The van der Waals surface area contributed by atoms with Crippen LogP contribution >= 0.6 is 0 Å². The van der Waals surface area contributed by atoms with Crippen molar-refractivity contribution in [3.05, 3.63) is 35.9 Å². The molecule has 2 N–H and O–H groups in total. The van der Waals surface area contributed by atoms with Gasteiger partial charge in [0.2, 0.25) is 5.91 Å². The molecule has 27 heavy (non-hydrogen) atoms. The van der Waals surface area contributed by atoms with Gasteiger partial charge in [0.05, 0.1) is 0 Å². The third-order valence-corrected chi connectivity index (χ3v) is 5.54. The molecular formula is C20H27N3O4. The third-order valence-electron chi connectivity index (χ3n) is 5.54. The average Bonchev–Trinajstić information content (AvgIpc) is 2.68. The maximum atomic E-state index is 13.2. The molecule has 146 valence electrons. The van der Waals surface area contributed by atoms with E-state index in [2.05, 4.69) is 10.2 Å². The summed E-state index contributed by atoms with van der Waals surface area (Å²) in [5.41, 5.74) is 0.495. The van der Waals surface area contributed by atoms with E-state index in [0.29, 0.717) is 25.1 Å². The molecule has 0 bridgehead atoms. The molecule has 2 amide bonds. The molecule has 0 radical (unpaired) electrons. The molecule has 2 heterocycles. The van der Waals surface area contributed by atoms with E-state index in [1.807, 2.05) is 13.0 Å². The van der Waals surface area contributed by atoms with Crippen LogP contribution in [0.5, 0.6) is 0 Å². The third kappa shape index (κ3) is 4.30. The van der Waals surface area contributed by atoms with Crippen molar-refractivity contribution >= 4 is 17.8 Å². The van der Waals surface area contributed by atoms with E-state index < -0.39 is 18.1 Å². The van der Waals surface area contributed by atoms with Gasteiger partial charge < -0.3 is 15.3 Å². The molecule has 1 aromatic carbocycles. The number of carbonyl (C=O) groups excluding carboxylic acids is 2. The fourth-order valence-electron chi connectivity index (χ4n) is 4.06. The predicted molar refractivity (Wildman–Crippen MR) is 100 cm³/mol. The Morgan fingerprint density at radius 3 is 2.52 bits per heavy atom. The Labute approximate surface area is 159 Å². The molecule has 7 nitrogen and oxygen atoms in total. The van der Waals surface area contributed by atoms with E-state index in [1.54, 1.807) is 24.3 Å². The Kier molecular flexibility index (Phi) is 6.11. The van der Waals surface area contributed by atoms with Crippen molar-refractivity contribution in [2.45, 2.75) is 50.7 Å². The second-order valence-corrected chi connectivity index (χ2v) is 7.28. The lowest BCUT2D eigenvalue weighted by molar-refractivity contribution is -0.159. The quantitative estimate of drug-likeness (QED) is 0.831. The predicted octanol–water partition coefficient (Wildman–Crippen LogP) is 1.34. The van der Waals surface area contributed by atoms with E-state index in [0.717, 1.165) is 25.8 Å². The van der Waals surface area contributed by atoms with Crippen LogP contribution in [0.3, 0.4) is 0 Å². The van der Waals surface area contributed by atoms with Crippen molar-refractivity contribution in [2.75, 3.05) is 19.6 Å². The number of carboxylic acid groups (broad SMARTS) is 1. The molecule has 2 aliphatic heterocycles. The number of aliphatic carboxylic acids is 1. The number of amides is 2. The van der Waals surface area contributed by atoms with Gasteiger partial charge in [-0.15, -0.1) is 0 Å². The molecule has 0 unspecified atom stereocenters. The first kappa shape index (κ1) is 19.4. The highest BCUT2D eigenvalue weighted by Crippen LogP contribution is 2.25. The van der Waals surface area contributed by atoms with Crippen LogP contribution in [0.15, 0.2) is 30.3 Å². The molecule has 2 saturated heterocycles. The highest BCUT2D eigenvalue weighted by molar-refractivity contribution is 5.98. The minimum absolute atomic E-state index is 0.122. The number of fused-ring (bicyclic) bond motifs is 1. The lowest BCUT2D eigenvalue weighted by Gasteiger charge is -2.47. The SMILES string of the molecule is CCN1C[C@@H]2CCCC[C@H](NC(=O)c3ccccc3)C(=O)N2[C@H](C(=O)O)C1. The fourth-order valence-corrected chi connectivity index (χ4v) is 4.06. The topological polar surface area (TPSA) is 90.0 Å². The lowest BCUT2D eigenvalue weighted by atomic mass is 9.93. The molecule has 3 rings (SSSR count). The van der Waals surface area contributed by atoms with E-state index in [-0.39, 0.29) is 17.9 Å². The molecular weight excluding hydrogens is 346 g/mol. The Morgan fingerprint density at radius 2 is 1.85 bits per heavy atom. The van der Waals surface area contributed by atoms with Crippen LogP contribution in [0.1, 0.15) is 43.0 Å². The zero-order chi connectivity index (χ0) is 19.4. The van der Waals surface area contributed by atoms with Crippen molar-refractivity contribution < 1.29 is 19.5 Å². The number of nitrogens with zero attached hydrogens (tertiary/aromatic N) is 2. The maximum absolute atomic E-state index is 13.2. The highest BCUT2D eigenvalue weighted by atomic mass is 16.4. The van der Waals surface area contributed by atoms with Gasteiger partial charge >= 0.3 is 5.97 Å². The normalized spacial score (nSPS) is 26.6. The van der Waals surface area contributed by atoms with Crippen molar-refractivity contribution in [2.24, 2.45) is 0 Å². The monoisotopic (exact) mass is 373 g/mol. The van der Waals surface area contributed by atoms with Crippen LogP contribution in [0, 0.1) is 0 Å². The minimum Gasteiger partial charge on any atom is -0.480 e. The van der Waals surface area contributed by atoms with Crippen LogP contribution in [0.4, 0.5) is 0 Å². The van der Waals surface area contributed by atoms with Gasteiger partial charge in [-0.25, -0.2) is 4.79 Å². The van der Waals surface area contributed by atoms with Crippen LogP contribution in [-0.2, 0) is 9.59 Å². The minimum atomic E-state index is -0.986. The van der Waals surface area contributed by atoms with Crippen molar-refractivity contribution in [1.82, 2.24) is 15.1 Å². The van der Waals surface area contributed by atoms with E-state index in [4.69, 9.17) is 0 Å². The van der Waals surface area contributed by atoms with Gasteiger partial charge in [0.1, 0.15) is 12.1 Å². The number of hydrogen-bond acceptors (Lipinski definition) is 4. The Morgan fingerprint density at radius 1 is 1.15 bits per heavy atom. The molecule has 2 aliphatic rings. The summed E-state index contributed by atoms with van der Waals surface area (Å²) < 4.78 is 0. The van der Waals surface area contributed by atoms with E-state index in [1.165, 1.54) is 4.90 Å². The van der Waals surface area contributed by atoms with E-state index in [9.17, 15) is 19.5 Å². The number of benzene rings is 1. The Bertz CT molecular complexity index is 694. The first-order valence-corrected chi connectivity index (χ1v) is 9.64. The van der Waals surface area contributed by atoms with Crippen LogP contribution in [0.2, 0.25) is 0 Å². The number of hydrogen-bond donors (Lipinski definition) is 2. The summed E-state index contributed by atoms with van der Waals surface area (Å²) >= 11 is 0. The van der Waals surface area contributed by atoms with Crippen molar-refractivity contribution in [1.29, 1.82) is 0 Å². The smallest absolute Gasteiger partial charge is 0.327 e. The molecule has 0 spiro atoms. The van der Waals surface area contributed by atoms with Gasteiger partial charge in [-0.3, -0.25) is 14.5 Å². The summed E-state index contributed by atoms with van der Waals surface area (Å²) in [7, 11) is 0.